The molecule has 19 heavy (non-hydrogen) atoms. The normalized spacial score (nSPS) is 10.6. The molecule has 0 aliphatic carbocycles. The second-order valence-corrected chi connectivity index (χ2v) is 5.27. The number of hydrogen-bond donors (Lipinski definition) is 1. The van der Waals surface area contributed by atoms with Crippen molar-refractivity contribution in [2.75, 3.05) is 5.32 Å². The number of halogens is 1. The molecular formula is C16H13BrN2. The van der Waals surface area contributed by atoms with Crippen molar-refractivity contribution in [1.29, 1.82) is 0 Å². The summed E-state index contributed by atoms with van der Waals surface area (Å²) in [5.74, 6) is 0. The standard InChI is InChI=1S/C16H13BrN2/c17-13-6-9-14(10-7-13)18-11-15-8-5-12-3-1-2-4-16(12)19-15/h1-10,18H,11H2. The molecule has 0 saturated heterocycles. The Labute approximate surface area is 120 Å². The van der Waals surface area contributed by atoms with Gasteiger partial charge in [0.1, 0.15) is 0 Å². The van der Waals surface area contributed by atoms with Gasteiger partial charge in [0.2, 0.25) is 0 Å². The number of nitrogens with zero attached hydrogens (tertiary/aromatic N) is 1. The summed E-state index contributed by atoms with van der Waals surface area (Å²) < 4.78 is 1.09. The Balaban J connectivity index is 1.76. The number of fused-ring (bicyclic) bond motifs is 1. The van der Waals surface area contributed by atoms with Crippen molar-refractivity contribution >= 4 is 32.5 Å². The van der Waals surface area contributed by atoms with Crippen LogP contribution in [-0.2, 0) is 6.54 Å². The maximum absolute atomic E-state index is 4.64. The van der Waals surface area contributed by atoms with Crippen molar-refractivity contribution in [3.05, 3.63) is 70.8 Å². The summed E-state index contributed by atoms with van der Waals surface area (Å²) >= 11 is 3.43. The highest BCUT2D eigenvalue weighted by molar-refractivity contribution is 9.10. The van der Waals surface area contributed by atoms with E-state index in [-0.39, 0.29) is 0 Å². The van der Waals surface area contributed by atoms with Crippen molar-refractivity contribution in [1.82, 2.24) is 4.98 Å². The molecular weight excluding hydrogens is 300 g/mol. The SMILES string of the molecule is Brc1ccc(NCc2ccc3ccccc3n2)cc1. The number of pyridine rings is 1. The molecule has 2 nitrogen and oxygen atoms in total. The average Bonchev–Trinajstić information content (AvgIpc) is 2.46. The van der Waals surface area contributed by atoms with Gasteiger partial charge >= 0.3 is 0 Å². The molecule has 0 fully saturated rings. The molecule has 3 rings (SSSR count). The molecule has 1 heterocycles. The van der Waals surface area contributed by atoms with Gasteiger partial charge in [0.05, 0.1) is 17.8 Å². The molecule has 0 aliphatic heterocycles. The quantitative estimate of drug-likeness (QED) is 0.764. The lowest BCUT2D eigenvalue weighted by Crippen LogP contribution is -2.01. The molecule has 0 bridgehead atoms. The van der Waals surface area contributed by atoms with E-state index in [0.717, 1.165) is 27.9 Å². The van der Waals surface area contributed by atoms with E-state index in [1.54, 1.807) is 0 Å². The van der Waals surface area contributed by atoms with E-state index in [4.69, 9.17) is 0 Å². The van der Waals surface area contributed by atoms with Crippen LogP contribution >= 0.6 is 15.9 Å². The van der Waals surface area contributed by atoms with Crippen LogP contribution in [0.5, 0.6) is 0 Å². The van der Waals surface area contributed by atoms with Gasteiger partial charge in [-0.2, -0.15) is 0 Å². The maximum atomic E-state index is 4.64. The molecule has 0 atom stereocenters. The Morgan fingerprint density at radius 2 is 1.68 bits per heavy atom. The van der Waals surface area contributed by atoms with Crippen LogP contribution in [0.15, 0.2) is 65.1 Å². The van der Waals surface area contributed by atoms with Crippen LogP contribution in [0.25, 0.3) is 10.9 Å². The predicted octanol–water partition coefficient (Wildman–Crippen LogP) is 4.61. The van der Waals surface area contributed by atoms with Crippen LogP contribution in [0.1, 0.15) is 5.69 Å². The lowest BCUT2D eigenvalue weighted by Gasteiger charge is -2.07. The molecule has 2 aromatic carbocycles. The van der Waals surface area contributed by atoms with Gasteiger partial charge in [-0.1, -0.05) is 40.2 Å². The smallest absolute Gasteiger partial charge is 0.0706 e. The van der Waals surface area contributed by atoms with Crippen LogP contribution < -0.4 is 5.32 Å². The maximum Gasteiger partial charge on any atom is 0.0706 e. The van der Waals surface area contributed by atoms with Crippen LogP contribution in [0.4, 0.5) is 5.69 Å². The van der Waals surface area contributed by atoms with E-state index in [1.807, 2.05) is 42.5 Å². The topological polar surface area (TPSA) is 24.9 Å². The average molecular weight is 313 g/mol. The van der Waals surface area contributed by atoms with Crippen LogP contribution in [0, 0.1) is 0 Å². The number of anilines is 1. The predicted molar refractivity (Wildman–Crippen MR) is 83.2 cm³/mol. The van der Waals surface area contributed by atoms with Crippen LogP contribution in [0.2, 0.25) is 0 Å². The van der Waals surface area contributed by atoms with Gasteiger partial charge in [-0.05, 0) is 36.4 Å². The summed E-state index contributed by atoms with van der Waals surface area (Å²) in [4.78, 5) is 4.64. The number of nitrogens with one attached hydrogen (secondary N) is 1. The minimum atomic E-state index is 0.729. The molecule has 3 aromatic rings. The molecule has 1 aromatic heterocycles. The van der Waals surface area contributed by atoms with Crippen molar-refractivity contribution < 1.29 is 0 Å². The summed E-state index contributed by atoms with van der Waals surface area (Å²) in [6, 6.07) is 20.5. The largest absolute Gasteiger partial charge is 0.379 e. The Hall–Kier alpha value is -1.87. The van der Waals surface area contributed by atoms with E-state index >= 15 is 0 Å². The lowest BCUT2D eigenvalue weighted by atomic mass is 10.2. The summed E-state index contributed by atoms with van der Waals surface area (Å²) in [6.07, 6.45) is 0. The third kappa shape index (κ3) is 2.93. The zero-order chi connectivity index (χ0) is 13.1. The monoisotopic (exact) mass is 312 g/mol. The molecule has 0 aliphatic rings. The fourth-order valence-corrected chi connectivity index (χ4v) is 2.23. The number of hydrogen-bond acceptors (Lipinski definition) is 2. The lowest BCUT2D eigenvalue weighted by molar-refractivity contribution is 1.07. The van der Waals surface area contributed by atoms with E-state index in [0.29, 0.717) is 0 Å². The fourth-order valence-electron chi connectivity index (χ4n) is 1.97. The van der Waals surface area contributed by atoms with E-state index in [9.17, 15) is 0 Å². The van der Waals surface area contributed by atoms with Gasteiger partial charge in [0, 0.05) is 15.5 Å². The minimum Gasteiger partial charge on any atom is -0.379 e. The Kier molecular flexibility index (Phi) is 3.47. The van der Waals surface area contributed by atoms with Crippen molar-refractivity contribution in [3.63, 3.8) is 0 Å². The van der Waals surface area contributed by atoms with E-state index in [2.05, 4.69) is 44.4 Å². The van der Waals surface area contributed by atoms with Gasteiger partial charge in [-0.15, -0.1) is 0 Å². The highest BCUT2D eigenvalue weighted by Gasteiger charge is 1.98. The molecule has 0 unspecified atom stereocenters. The van der Waals surface area contributed by atoms with Crippen molar-refractivity contribution in [2.24, 2.45) is 0 Å². The highest BCUT2D eigenvalue weighted by Crippen LogP contribution is 2.16. The molecule has 1 N–H and O–H groups in total. The third-order valence-electron chi connectivity index (χ3n) is 2.97. The Bertz CT molecular complexity index is 692. The molecule has 94 valence electrons. The first-order valence-corrected chi connectivity index (χ1v) is 6.95. The van der Waals surface area contributed by atoms with Crippen LogP contribution in [0.3, 0.4) is 0 Å². The zero-order valence-electron chi connectivity index (χ0n) is 10.3. The van der Waals surface area contributed by atoms with Gasteiger partial charge in [0.15, 0.2) is 0 Å². The third-order valence-corrected chi connectivity index (χ3v) is 3.50. The second kappa shape index (κ2) is 5.41. The molecule has 0 radical (unpaired) electrons. The van der Waals surface area contributed by atoms with E-state index < -0.39 is 0 Å². The van der Waals surface area contributed by atoms with Crippen molar-refractivity contribution in [3.8, 4) is 0 Å². The number of para-hydroxylation sites is 1. The summed E-state index contributed by atoms with van der Waals surface area (Å²) in [5, 5.41) is 4.55. The number of rotatable bonds is 3. The Morgan fingerprint density at radius 1 is 0.895 bits per heavy atom. The summed E-state index contributed by atoms with van der Waals surface area (Å²) in [7, 11) is 0. The number of benzene rings is 2. The second-order valence-electron chi connectivity index (χ2n) is 4.36. The molecule has 0 saturated carbocycles. The van der Waals surface area contributed by atoms with E-state index in [1.165, 1.54) is 5.39 Å². The number of aromatic nitrogens is 1. The first-order chi connectivity index (χ1) is 9.31. The Morgan fingerprint density at radius 3 is 2.53 bits per heavy atom. The van der Waals surface area contributed by atoms with Gasteiger partial charge < -0.3 is 5.32 Å². The molecule has 0 spiro atoms. The minimum absolute atomic E-state index is 0.729. The summed E-state index contributed by atoms with van der Waals surface area (Å²) in [5.41, 5.74) is 3.18. The van der Waals surface area contributed by atoms with Crippen molar-refractivity contribution in [2.45, 2.75) is 6.54 Å². The van der Waals surface area contributed by atoms with Gasteiger partial charge in [-0.25, -0.2) is 0 Å². The van der Waals surface area contributed by atoms with Gasteiger partial charge in [0.25, 0.3) is 0 Å². The summed E-state index contributed by atoms with van der Waals surface area (Å²) in [6.45, 7) is 0.729. The first kappa shape index (κ1) is 12.2. The van der Waals surface area contributed by atoms with Gasteiger partial charge in [-0.3, -0.25) is 4.98 Å². The highest BCUT2D eigenvalue weighted by atomic mass is 79.9. The first-order valence-electron chi connectivity index (χ1n) is 6.15. The molecule has 3 heteroatoms. The fraction of sp³-hybridized carbons (Fsp3) is 0.0625. The van der Waals surface area contributed by atoms with Crippen LogP contribution in [-0.4, -0.2) is 4.98 Å². The molecule has 0 amide bonds. The zero-order valence-corrected chi connectivity index (χ0v) is 11.9.